The van der Waals surface area contributed by atoms with Gasteiger partial charge in [-0.1, -0.05) is 326 Å². The molecule has 0 radical (unpaired) electrons. The summed E-state index contributed by atoms with van der Waals surface area (Å²) < 4.78 is 17.0. The monoisotopic (exact) mass is 1110 g/mol. The number of hydrogen-bond acceptors (Lipinski definition) is 6. The second kappa shape index (κ2) is 67.9. The van der Waals surface area contributed by atoms with Crippen LogP contribution in [0.3, 0.4) is 0 Å². The summed E-state index contributed by atoms with van der Waals surface area (Å²) in [7, 11) is 0. The maximum Gasteiger partial charge on any atom is 0.306 e. The molecule has 79 heavy (non-hydrogen) atoms. The molecule has 0 amide bonds. The highest BCUT2D eigenvalue weighted by Gasteiger charge is 2.19. The quantitative estimate of drug-likeness (QED) is 0.0261. The number of carbonyl (C=O) groups is 3. The Hall–Kier alpha value is -2.63. The van der Waals surface area contributed by atoms with Gasteiger partial charge in [0.2, 0.25) is 0 Å². The van der Waals surface area contributed by atoms with Gasteiger partial charge < -0.3 is 14.2 Å². The molecule has 462 valence electrons. The zero-order valence-corrected chi connectivity index (χ0v) is 53.2. The van der Waals surface area contributed by atoms with Crippen LogP contribution in [0, 0.1) is 0 Å². The molecule has 1 unspecified atom stereocenters. The van der Waals surface area contributed by atoms with E-state index >= 15 is 0 Å². The van der Waals surface area contributed by atoms with E-state index in [2.05, 4.69) is 69.4 Å². The smallest absolute Gasteiger partial charge is 0.306 e. The second-order valence-corrected chi connectivity index (χ2v) is 23.8. The molecular formula is C73H134O6. The predicted molar refractivity (Wildman–Crippen MR) is 344 cm³/mol. The third kappa shape index (κ3) is 66.1. The SMILES string of the molecule is CCCCCCC/C=C\C/C=C\C/C=C\CCCCCCCCCCCCC(=O)OCC(COC(=O)CCCCCCCCCCCCCCCCCCC)OC(=O)CCCCCCCCCCC/C=C\CCCCCCCC. The van der Waals surface area contributed by atoms with Crippen LogP contribution < -0.4 is 0 Å². The van der Waals surface area contributed by atoms with E-state index in [1.54, 1.807) is 0 Å². The lowest BCUT2D eigenvalue weighted by Gasteiger charge is -2.18. The first-order chi connectivity index (χ1) is 39.0. The summed E-state index contributed by atoms with van der Waals surface area (Å²) in [4.78, 5) is 38.5. The zero-order chi connectivity index (χ0) is 57.1. The Kier molecular flexibility index (Phi) is 65.6. The predicted octanol–water partition coefficient (Wildman–Crippen LogP) is 24.1. The molecule has 0 aliphatic heterocycles. The van der Waals surface area contributed by atoms with Crippen molar-refractivity contribution in [2.45, 2.75) is 386 Å². The average Bonchev–Trinajstić information content (AvgIpc) is 3.45. The van der Waals surface area contributed by atoms with Gasteiger partial charge in [-0.3, -0.25) is 14.4 Å². The molecule has 0 aromatic carbocycles. The van der Waals surface area contributed by atoms with Gasteiger partial charge in [0.05, 0.1) is 0 Å². The van der Waals surface area contributed by atoms with Gasteiger partial charge in [-0.05, 0) is 83.5 Å². The average molecular weight is 1110 g/mol. The topological polar surface area (TPSA) is 78.9 Å². The number of hydrogen-bond donors (Lipinski definition) is 0. The first kappa shape index (κ1) is 76.4. The van der Waals surface area contributed by atoms with Crippen LogP contribution in [-0.2, 0) is 28.6 Å². The Morgan fingerprint density at radius 2 is 0.456 bits per heavy atom. The van der Waals surface area contributed by atoms with Crippen molar-refractivity contribution in [1.29, 1.82) is 0 Å². The van der Waals surface area contributed by atoms with Crippen molar-refractivity contribution in [2.24, 2.45) is 0 Å². The molecule has 0 aliphatic carbocycles. The number of unbranched alkanes of at least 4 members (excludes halogenated alkanes) is 46. The minimum atomic E-state index is -0.775. The van der Waals surface area contributed by atoms with E-state index in [4.69, 9.17) is 14.2 Å². The van der Waals surface area contributed by atoms with Crippen molar-refractivity contribution in [3.05, 3.63) is 48.6 Å². The third-order valence-corrected chi connectivity index (χ3v) is 15.8. The molecule has 0 saturated heterocycles. The minimum Gasteiger partial charge on any atom is -0.462 e. The first-order valence-corrected chi connectivity index (χ1v) is 35.1. The minimum absolute atomic E-state index is 0.0705. The molecule has 0 aromatic heterocycles. The number of allylic oxidation sites excluding steroid dienone is 8. The van der Waals surface area contributed by atoms with Gasteiger partial charge in [-0.2, -0.15) is 0 Å². The van der Waals surface area contributed by atoms with Crippen LogP contribution in [0.1, 0.15) is 380 Å². The first-order valence-electron chi connectivity index (χ1n) is 35.1. The number of rotatable bonds is 65. The summed E-state index contributed by atoms with van der Waals surface area (Å²) in [6, 6.07) is 0. The fourth-order valence-corrected chi connectivity index (χ4v) is 10.5. The van der Waals surface area contributed by atoms with Gasteiger partial charge in [0.15, 0.2) is 6.10 Å². The highest BCUT2D eigenvalue weighted by Crippen LogP contribution is 2.18. The zero-order valence-electron chi connectivity index (χ0n) is 53.2. The fraction of sp³-hybridized carbons (Fsp3) is 0.849. The highest BCUT2D eigenvalue weighted by atomic mass is 16.6. The Labute approximate surface area is 492 Å². The van der Waals surface area contributed by atoms with E-state index in [9.17, 15) is 14.4 Å². The third-order valence-electron chi connectivity index (χ3n) is 15.8. The van der Waals surface area contributed by atoms with Crippen LogP contribution in [0.5, 0.6) is 0 Å². The van der Waals surface area contributed by atoms with Crippen molar-refractivity contribution >= 4 is 17.9 Å². The molecule has 6 nitrogen and oxygen atoms in total. The maximum atomic E-state index is 13.0. The molecule has 0 N–H and O–H groups in total. The summed E-state index contributed by atoms with van der Waals surface area (Å²) in [5.74, 6) is -0.850. The molecule has 0 rings (SSSR count). The van der Waals surface area contributed by atoms with Crippen LogP contribution in [-0.4, -0.2) is 37.2 Å². The van der Waals surface area contributed by atoms with Crippen LogP contribution >= 0.6 is 0 Å². The Bertz CT molecular complexity index is 1360. The van der Waals surface area contributed by atoms with E-state index in [0.717, 1.165) is 70.6 Å². The van der Waals surface area contributed by atoms with E-state index < -0.39 is 6.10 Å². The van der Waals surface area contributed by atoms with Gasteiger partial charge in [-0.25, -0.2) is 0 Å². The summed E-state index contributed by atoms with van der Waals surface area (Å²) >= 11 is 0. The lowest BCUT2D eigenvalue weighted by Crippen LogP contribution is -2.30. The van der Waals surface area contributed by atoms with Crippen molar-refractivity contribution in [3.63, 3.8) is 0 Å². The van der Waals surface area contributed by atoms with Gasteiger partial charge in [0.1, 0.15) is 13.2 Å². The van der Waals surface area contributed by atoms with Gasteiger partial charge in [0, 0.05) is 19.3 Å². The van der Waals surface area contributed by atoms with E-state index in [-0.39, 0.29) is 31.1 Å². The number of carbonyl (C=O) groups excluding carboxylic acids is 3. The summed E-state index contributed by atoms with van der Waals surface area (Å²) in [6.45, 7) is 6.69. The molecule has 0 aromatic rings. The van der Waals surface area contributed by atoms with Gasteiger partial charge >= 0.3 is 17.9 Å². The number of esters is 3. The lowest BCUT2D eigenvalue weighted by molar-refractivity contribution is -0.167. The summed E-state index contributed by atoms with van der Waals surface area (Å²) in [6.07, 6.45) is 85.5. The highest BCUT2D eigenvalue weighted by molar-refractivity contribution is 5.71. The van der Waals surface area contributed by atoms with E-state index in [1.165, 1.54) is 270 Å². The second-order valence-electron chi connectivity index (χ2n) is 23.8. The summed E-state index contributed by atoms with van der Waals surface area (Å²) in [5.41, 5.74) is 0. The molecule has 0 bridgehead atoms. The van der Waals surface area contributed by atoms with Crippen LogP contribution in [0.25, 0.3) is 0 Å². The number of ether oxygens (including phenoxy) is 3. The van der Waals surface area contributed by atoms with Crippen molar-refractivity contribution in [2.75, 3.05) is 13.2 Å². The summed E-state index contributed by atoms with van der Waals surface area (Å²) in [5, 5.41) is 0. The molecule has 1 atom stereocenters. The molecule has 6 heteroatoms. The maximum absolute atomic E-state index is 13.0. The standard InChI is InChI=1S/C73H134O6/c1-4-7-10-13-16-19-22-25-28-31-33-34-35-36-37-38-40-42-45-48-51-54-57-60-63-66-72(75)78-69-70(68-77-71(74)65-62-59-56-53-50-47-44-41-30-27-24-21-18-15-12-9-6-3)79-73(76)67-64-61-58-55-52-49-46-43-39-32-29-26-23-20-17-14-11-8-5-2/h22,25-26,29,31,33,35-36,70H,4-21,23-24,27-28,30,32,34,37-69H2,1-3H3/b25-22-,29-26-,33-31-,36-35-. The molecule has 0 aliphatic rings. The van der Waals surface area contributed by atoms with E-state index in [0.29, 0.717) is 19.3 Å². The Balaban J connectivity index is 4.32. The normalized spacial score (nSPS) is 12.3. The van der Waals surface area contributed by atoms with Crippen LogP contribution in [0.15, 0.2) is 48.6 Å². The molecule has 0 heterocycles. The van der Waals surface area contributed by atoms with Gasteiger partial charge in [-0.15, -0.1) is 0 Å². The van der Waals surface area contributed by atoms with Crippen molar-refractivity contribution in [1.82, 2.24) is 0 Å². The van der Waals surface area contributed by atoms with Crippen LogP contribution in [0.2, 0.25) is 0 Å². The van der Waals surface area contributed by atoms with Gasteiger partial charge in [0.25, 0.3) is 0 Å². The Morgan fingerprint density at radius 3 is 0.722 bits per heavy atom. The van der Waals surface area contributed by atoms with Crippen molar-refractivity contribution < 1.29 is 28.6 Å². The van der Waals surface area contributed by atoms with Crippen molar-refractivity contribution in [3.8, 4) is 0 Å². The van der Waals surface area contributed by atoms with Crippen LogP contribution in [0.4, 0.5) is 0 Å². The molecule has 0 fully saturated rings. The van der Waals surface area contributed by atoms with E-state index in [1.807, 2.05) is 0 Å². The largest absolute Gasteiger partial charge is 0.462 e. The fourth-order valence-electron chi connectivity index (χ4n) is 10.5. The lowest BCUT2D eigenvalue weighted by atomic mass is 10.0. The molecular weight excluding hydrogens is 973 g/mol. The molecule has 0 saturated carbocycles. The molecule has 0 spiro atoms. The Morgan fingerprint density at radius 1 is 0.253 bits per heavy atom.